The summed E-state index contributed by atoms with van der Waals surface area (Å²) in [6.45, 7) is 3.30. The van der Waals surface area contributed by atoms with Crippen LogP contribution in [0, 0.1) is 5.82 Å². The van der Waals surface area contributed by atoms with Crippen molar-refractivity contribution in [2.45, 2.75) is 31.9 Å². The number of amides is 1. The molecule has 2 aromatic rings. The number of aliphatic hydroxyl groups excluding tert-OH is 1. The normalized spacial score (nSPS) is 16.2. The summed E-state index contributed by atoms with van der Waals surface area (Å²) >= 11 is 6.20. The highest BCUT2D eigenvalue weighted by molar-refractivity contribution is 6.33. The standard InChI is InChI=1S/C19H22ClFN4O2/c1-11(24-19-16(20)8-12(10-23-19)18(22)27)15-9-13(21)2-3-17(15)25-6-4-14(26)5-7-25/h2-3,8-11,14,26H,4-7H2,1H3,(H2,22,27)(H,23,24). The number of piperidine rings is 1. The third-order valence-corrected chi connectivity index (χ3v) is 5.03. The van der Waals surface area contributed by atoms with Gasteiger partial charge in [-0.05, 0) is 44.0 Å². The number of nitrogens with two attached hydrogens (primary N) is 1. The van der Waals surface area contributed by atoms with E-state index in [1.807, 2.05) is 6.92 Å². The van der Waals surface area contributed by atoms with Crippen LogP contribution in [-0.4, -0.2) is 35.2 Å². The van der Waals surface area contributed by atoms with E-state index in [0.717, 1.165) is 11.3 Å². The molecule has 0 spiro atoms. The van der Waals surface area contributed by atoms with Gasteiger partial charge in [0.25, 0.3) is 0 Å². The smallest absolute Gasteiger partial charge is 0.250 e. The molecule has 1 aromatic carbocycles. The lowest BCUT2D eigenvalue weighted by Gasteiger charge is -2.34. The van der Waals surface area contributed by atoms with E-state index in [1.54, 1.807) is 6.07 Å². The number of primary amides is 1. The van der Waals surface area contributed by atoms with E-state index in [9.17, 15) is 14.3 Å². The molecule has 0 bridgehead atoms. The first-order chi connectivity index (χ1) is 12.8. The minimum Gasteiger partial charge on any atom is -0.393 e. The zero-order valence-corrected chi connectivity index (χ0v) is 15.7. The molecule has 4 N–H and O–H groups in total. The number of hydrogen-bond donors (Lipinski definition) is 3. The molecule has 0 aliphatic carbocycles. The first-order valence-electron chi connectivity index (χ1n) is 8.79. The number of nitrogens with zero attached hydrogens (tertiary/aromatic N) is 2. The lowest BCUT2D eigenvalue weighted by molar-refractivity contribution is 0.1000. The average Bonchev–Trinajstić information content (AvgIpc) is 2.64. The molecular formula is C19H22ClFN4O2. The van der Waals surface area contributed by atoms with Gasteiger partial charge < -0.3 is 21.1 Å². The van der Waals surface area contributed by atoms with Crippen molar-refractivity contribution in [2.75, 3.05) is 23.3 Å². The topological polar surface area (TPSA) is 91.5 Å². The number of benzene rings is 1. The monoisotopic (exact) mass is 392 g/mol. The molecule has 8 heteroatoms. The van der Waals surface area contributed by atoms with Gasteiger partial charge in [0, 0.05) is 30.5 Å². The van der Waals surface area contributed by atoms with Crippen LogP contribution in [0.4, 0.5) is 15.9 Å². The summed E-state index contributed by atoms with van der Waals surface area (Å²) in [5.74, 6) is -0.551. The SMILES string of the molecule is CC(Nc1ncc(C(N)=O)cc1Cl)c1cc(F)ccc1N1CCC(O)CC1. The quantitative estimate of drug-likeness (QED) is 0.727. The molecule has 3 rings (SSSR count). The van der Waals surface area contributed by atoms with Gasteiger partial charge in [-0.2, -0.15) is 0 Å². The van der Waals surface area contributed by atoms with Crippen LogP contribution < -0.4 is 16.0 Å². The summed E-state index contributed by atoms with van der Waals surface area (Å²) in [5.41, 5.74) is 7.13. The highest BCUT2D eigenvalue weighted by Gasteiger charge is 2.22. The summed E-state index contributed by atoms with van der Waals surface area (Å²) in [6.07, 6.45) is 2.43. The molecule has 2 heterocycles. The van der Waals surface area contributed by atoms with Crippen LogP contribution in [0.2, 0.25) is 5.02 Å². The molecule has 1 saturated heterocycles. The van der Waals surface area contributed by atoms with E-state index in [2.05, 4.69) is 15.2 Å². The van der Waals surface area contributed by atoms with Crippen LogP contribution in [0.3, 0.4) is 0 Å². The number of carbonyl (C=O) groups excluding carboxylic acids is 1. The summed E-state index contributed by atoms with van der Waals surface area (Å²) in [6, 6.07) is 5.84. The number of rotatable bonds is 5. The van der Waals surface area contributed by atoms with E-state index in [4.69, 9.17) is 17.3 Å². The lowest BCUT2D eigenvalue weighted by Crippen LogP contribution is -2.36. The van der Waals surface area contributed by atoms with Crippen LogP contribution in [0.5, 0.6) is 0 Å². The van der Waals surface area contributed by atoms with Crippen molar-refractivity contribution in [3.05, 3.63) is 52.4 Å². The Labute approximate surface area is 162 Å². The molecular weight excluding hydrogens is 371 g/mol. The van der Waals surface area contributed by atoms with Crippen molar-refractivity contribution in [3.63, 3.8) is 0 Å². The van der Waals surface area contributed by atoms with E-state index in [0.29, 0.717) is 31.7 Å². The number of aromatic nitrogens is 1. The number of pyridine rings is 1. The van der Waals surface area contributed by atoms with Crippen molar-refractivity contribution in [2.24, 2.45) is 5.73 Å². The van der Waals surface area contributed by atoms with Gasteiger partial charge in [-0.15, -0.1) is 0 Å². The summed E-state index contributed by atoms with van der Waals surface area (Å²) < 4.78 is 13.9. The Balaban J connectivity index is 1.85. The molecule has 1 aliphatic heterocycles. The largest absolute Gasteiger partial charge is 0.393 e. The second-order valence-electron chi connectivity index (χ2n) is 6.71. The molecule has 6 nitrogen and oxygen atoms in total. The van der Waals surface area contributed by atoms with Crippen LogP contribution in [-0.2, 0) is 0 Å². The van der Waals surface area contributed by atoms with Crippen molar-refractivity contribution in [1.82, 2.24) is 4.98 Å². The van der Waals surface area contributed by atoms with Gasteiger partial charge in [-0.25, -0.2) is 9.37 Å². The summed E-state index contributed by atoms with van der Waals surface area (Å²) in [4.78, 5) is 17.5. The number of carbonyl (C=O) groups is 1. The van der Waals surface area contributed by atoms with Crippen molar-refractivity contribution >= 4 is 29.0 Å². The first-order valence-corrected chi connectivity index (χ1v) is 9.17. The molecule has 1 atom stereocenters. The minimum absolute atomic E-state index is 0.219. The van der Waals surface area contributed by atoms with Gasteiger partial charge >= 0.3 is 0 Å². The van der Waals surface area contributed by atoms with Gasteiger partial charge in [0.05, 0.1) is 22.7 Å². The van der Waals surface area contributed by atoms with Gasteiger partial charge in [0.1, 0.15) is 11.6 Å². The Morgan fingerprint density at radius 1 is 1.41 bits per heavy atom. The molecule has 1 aromatic heterocycles. The van der Waals surface area contributed by atoms with E-state index < -0.39 is 5.91 Å². The molecule has 1 fully saturated rings. The zero-order chi connectivity index (χ0) is 19.6. The van der Waals surface area contributed by atoms with Gasteiger partial charge in [-0.3, -0.25) is 4.79 Å². The maximum Gasteiger partial charge on any atom is 0.250 e. The van der Waals surface area contributed by atoms with E-state index in [1.165, 1.54) is 24.4 Å². The second kappa shape index (κ2) is 8.10. The summed E-state index contributed by atoms with van der Waals surface area (Å²) in [7, 11) is 0. The first kappa shape index (κ1) is 19.4. The molecule has 0 saturated carbocycles. The fourth-order valence-electron chi connectivity index (χ4n) is 3.23. The molecule has 1 amide bonds. The van der Waals surface area contributed by atoms with Crippen LogP contribution in [0.25, 0.3) is 0 Å². The fraction of sp³-hybridized carbons (Fsp3) is 0.368. The minimum atomic E-state index is -0.608. The Hall–Kier alpha value is -2.38. The third-order valence-electron chi connectivity index (χ3n) is 4.74. The molecule has 27 heavy (non-hydrogen) atoms. The molecule has 0 radical (unpaired) electrons. The van der Waals surface area contributed by atoms with Crippen molar-refractivity contribution in [1.29, 1.82) is 0 Å². The number of anilines is 2. The maximum absolute atomic E-state index is 13.9. The predicted octanol–water partition coefficient (Wildman–Crippen LogP) is 3.11. The van der Waals surface area contributed by atoms with Crippen molar-refractivity contribution < 1.29 is 14.3 Å². The number of nitrogens with one attached hydrogen (secondary N) is 1. The van der Waals surface area contributed by atoms with E-state index >= 15 is 0 Å². The lowest BCUT2D eigenvalue weighted by atomic mass is 10.0. The Kier molecular flexibility index (Phi) is 5.82. The van der Waals surface area contributed by atoms with Crippen LogP contribution in [0.1, 0.15) is 41.7 Å². The zero-order valence-electron chi connectivity index (χ0n) is 15.0. The van der Waals surface area contributed by atoms with Gasteiger partial charge in [0.15, 0.2) is 0 Å². The molecule has 1 aliphatic rings. The Morgan fingerprint density at radius 2 is 2.11 bits per heavy atom. The average molecular weight is 393 g/mol. The highest BCUT2D eigenvalue weighted by Crippen LogP contribution is 2.32. The predicted molar refractivity (Wildman–Crippen MR) is 104 cm³/mol. The number of aliphatic hydroxyl groups is 1. The second-order valence-corrected chi connectivity index (χ2v) is 7.11. The third kappa shape index (κ3) is 4.48. The number of hydrogen-bond acceptors (Lipinski definition) is 5. The molecule has 1 unspecified atom stereocenters. The summed E-state index contributed by atoms with van der Waals surface area (Å²) in [5, 5.41) is 13.2. The number of halogens is 2. The highest BCUT2D eigenvalue weighted by atomic mass is 35.5. The fourth-order valence-corrected chi connectivity index (χ4v) is 3.45. The maximum atomic E-state index is 13.9. The van der Waals surface area contributed by atoms with Crippen LogP contribution >= 0.6 is 11.6 Å². The van der Waals surface area contributed by atoms with Gasteiger partial charge in [-0.1, -0.05) is 11.6 Å². The Morgan fingerprint density at radius 3 is 2.74 bits per heavy atom. The Bertz CT molecular complexity index is 840. The van der Waals surface area contributed by atoms with E-state index in [-0.39, 0.29) is 28.5 Å². The van der Waals surface area contributed by atoms with Crippen molar-refractivity contribution in [3.8, 4) is 0 Å². The van der Waals surface area contributed by atoms with Gasteiger partial charge in [0.2, 0.25) is 5.91 Å². The van der Waals surface area contributed by atoms with Crippen LogP contribution in [0.15, 0.2) is 30.5 Å². The molecule has 144 valence electrons.